The molecule has 138 valence electrons. The second-order valence-corrected chi connectivity index (χ2v) is 10.4. The van der Waals surface area contributed by atoms with Gasteiger partial charge in [0.05, 0.1) is 0 Å². The molecule has 0 aromatic carbocycles. The van der Waals surface area contributed by atoms with Gasteiger partial charge in [0.2, 0.25) is 0 Å². The van der Waals surface area contributed by atoms with Crippen LogP contribution in [0, 0.1) is 28.6 Å². The highest BCUT2D eigenvalue weighted by Crippen LogP contribution is 2.66. The topological polar surface area (TPSA) is 43.4 Å². The number of fused-ring (bicyclic) bond motifs is 5. The molecule has 0 N–H and O–H groups in total. The van der Waals surface area contributed by atoms with E-state index in [4.69, 9.17) is 4.74 Å². The number of halogens is 1. The summed E-state index contributed by atoms with van der Waals surface area (Å²) >= 11 is 3.92. The number of hydrogen-bond acceptors (Lipinski definition) is 3. The van der Waals surface area contributed by atoms with Crippen molar-refractivity contribution in [3.05, 3.63) is 11.6 Å². The highest BCUT2D eigenvalue weighted by atomic mass is 79.9. The first-order chi connectivity index (χ1) is 11.8. The van der Waals surface area contributed by atoms with Crippen LogP contribution in [0.2, 0.25) is 0 Å². The van der Waals surface area contributed by atoms with E-state index in [9.17, 15) is 9.59 Å². The van der Waals surface area contributed by atoms with Crippen LogP contribution in [0.4, 0.5) is 0 Å². The van der Waals surface area contributed by atoms with Gasteiger partial charge in [-0.2, -0.15) is 0 Å². The molecule has 0 amide bonds. The lowest BCUT2D eigenvalue weighted by atomic mass is 9.47. The summed E-state index contributed by atoms with van der Waals surface area (Å²) in [5.41, 5.74) is 1.64. The zero-order valence-corrected chi connectivity index (χ0v) is 17.1. The highest BCUT2D eigenvalue weighted by molar-refractivity contribution is 9.09. The lowest BCUT2D eigenvalue weighted by Crippen LogP contribution is -2.53. The van der Waals surface area contributed by atoms with Crippen molar-refractivity contribution in [2.45, 2.75) is 76.6 Å². The molecule has 0 saturated heterocycles. The molecule has 4 aliphatic rings. The maximum Gasteiger partial charge on any atom is 0.302 e. The number of ether oxygens (including phenoxy) is 1. The number of esters is 1. The molecule has 3 saturated carbocycles. The monoisotopic (exact) mass is 408 g/mol. The summed E-state index contributed by atoms with van der Waals surface area (Å²) < 4.78 is 5.73. The predicted octanol–water partition coefficient (Wildman–Crippen LogP) is 4.82. The second kappa shape index (κ2) is 5.94. The summed E-state index contributed by atoms with van der Waals surface area (Å²) in [6.45, 7) is 6.29. The fourth-order valence-corrected chi connectivity index (χ4v) is 7.99. The molecule has 0 bridgehead atoms. The molecular weight excluding hydrogens is 380 g/mol. The molecule has 0 aliphatic heterocycles. The van der Waals surface area contributed by atoms with Crippen molar-refractivity contribution in [1.82, 2.24) is 0 Å². The van der Waals surface area contributed by atoms with Gasteiger partial charge in [-0.3, -0.25) is 9.59 Å². The van der Waals surface area contributed by atoms with Crippen LogP contribution < -0.4 is 0 Å². The minimum absolute atomic E-state index is 0.0856. The normalized spacial score (nSPS) is 48.9. The van der Waals surface area contributed by atoms with Crippen LogP contribution in [0.15, 0.2) is 11.6 Å². The number of hydrogen-bond donors (Lipinski definition) is 0. The van der Waals surface area contributed by atoms with Gasteiger partial charge in [0.25, 0.3) is 0 Å². The zero-order chi connectivity index (χ0) is 18.0. The maximum absolute atomic E-state index is 12.0. The first-order valence-corrected chi connectivity index (χ1v) is 10.7. The molecule has 0 radical (unpaired) electrons. The molecule has 0 aromatic rings. The maximum atomic E-state index is 12.0. The SMILES string of the molecule is CC(=O)O[C@H]1CC[C@H]2[C@@H]3CC(Br)C4=CC(=O)CC[C@]4(C)[C@H]3CC[C@]12C. The molecule has 4 rings (SSSR count). The predicted molar refractivity (Wildman–Crippen MR) is 100 cm³/mol. The summed E-state index contributed by atoms with van der Waals surface area (Å²) in [5.74, 6) is 2.12. The zero-order valence-electron chi connectivity index (χ0n) is 15.5. The van der Waals surface area contributed by atoms with E-state index in [2.05, 4.69) is 29.8 Å². The van der Waals surface area contributed by atoms with Gasteiger partial charge in [0, 0.05) is 23.6 Å². The van der Waals surface area contributed by atoms with E-state index in [-0.39, 0.29) is 22.9 Å². The van der Waals surface area contributed by atoms with Crippen molar-refractivity contribution in [2.75, 3.05) is 0 Å². The molecule has 4 aliphatic carbocycles. The molecule has 0 spiro atoms. The third kappa shape index (κ3) is 2.57. The number of carbonyl (C=O) groups is 2. The Morgan fingerprint density at radius 3 is 2.68 bits per heavy atom. The number of rotatable bonds is 1. The quantitative estimate of drug-likeness (QED) is 0.461. The van der Waals surface area contributed by atoms with E-state index in [1.54, 1.807) is 0 Å². The Kier molecular flexibility index (Phi) is 4.22. The fraction of sp³-hybridized carbons (Fsp3) is 0.810. The second-order valence-electron chi connectivity index (χ2n) is 9.28. The van der Waals surface area contributed by atoms with Gasteiger partial charge in [-0.25, -0.2) is 0 Å². The van der Waals surface area contributed by atoms with Crippen molar-refractivity contribution < 1.29 is 14.3 Å². The molecule has 1 unspecified atom stereocenters. The van der Waals surface area contributed by atoms with Crippen LogP contribution in [-0.4, -0.2) is 22.7 Å². The summed E-state index contributed by atoms with van der Waals surface area (Å²) in [6, 6.07) is 0. The Morgan fingerprint density at radius 2 is 1.96 bits per heavy atom. The Balaban J connectivity index is 1.66. The molecule has 4 heteroatoms. The highest BCUT2D eigenvalue weighted by Gasteiger charge is 2.61. The van der Waals surface area contributed by atoms with E-state index in [0.717, 1.165) is 25.7 Å². The largest absolute Gasteiger partial charge is 0.462 e. The van der Waals surface area contributed by atoms with Crippen LogP contribution in [0.25, 0.3) is 0 Å². The lowest BCUT2D eigenvalue weighted by molar-refractivity contribution is -0.157. The van der Waals surface area contributed by atoms with E-state index in [1.807, 2.05) is 6.08 Å². The minimum atomic E-state index is -0.140. The van der Waals surface area contributed by atoms with Gasteiger partial charge in [-0.1, -0.05) is 29.8 Å². The number of allylic oxidation sites excluding steroid dienone is 1. The van der Waals surface area contributed by atoms with Crippen LogP contribution >= 0.6 is 15.9 Å². The minimum Gasteiger partial charge on any atom is -0.462 e. The first-order valence-electron chi connectivity index (χ1n) is 9.82. The molecule has 7 atom stereocenters. The molecule has 0 heterocycles. The van der Waals surface area contributed by atoms with Crippen molar-refractivity contribution in [3.63, 3.8) is 0 Å². The van der Waals surface area contributed by atoms with Crippen LogP contribution in [-0.2, 0) is 14.3 Å². The molecule has 3 fully saturated rings. The van der Waals surface area contributed by atoms with Gasteiger partial charge in [-0.05, 0) is 73.3 Å². The molecule has 3 nitrogen and oxygen atoms in total. The molecule has 25 heavy (non-hydrogen) atoms. The summed E-state index contributed by atoms with van der Waals surface area (Å²) in [6.07, 6.45) is 9.35. The van der Waals surface area contributed by atoms with Crippen molar-refractivity contribution in [2.24, 2.45) is 28.6 Å². The van der Waals surface area contributed by atoms with Gasteiger partial charge in [-0.15, -0.1) is 0 Å². The van der Waals surface area contributed by atoms with Crippen LogP contribution in [0.3, 0.4) is 0 Å². The Bertz CT molecular complexity index is 641. The van der Waals surface area contributed by atoms with Crippen LogP contribution in [0.1, 0.15) is 65.7 Å². The van der Waals surface area contributed by atoms with Gasteiger partial charge >= 0.3 is 5.97 Å². The summed E-state index contributed by atoms with van der Waals surface area (Å²) in [5, 5.41) is 0. The van der Waals surface area contributed by atoms with Gasteiger partial charge in [0.1, 0.15) is 6.10 Å². The average molecular weight is 409 g/mol. The number of alkyl halides is 1. The van der Waals surface area contributed by atoms with Crippen LogP contribution in [0.5, 0.6) is 0 Å². The summed E-state index contributed by atoms with van der Waals surface area (Å²) in [7, 11) is 0. The number of carbonyl (C=O) groups excluding carboxylic acids is 2. The fourth-order valence-electron chi connectivity index (χ4n) is 6.90. The Morgan fingerprint density at radius 1 is 1.20 bits per heavy atom. The van der Waals surface area contributed by atoms with E-state index in [0.29, 0.717) is 34.8 Å². The standard InChI is InChI=1S/C21H29BrO3/c1-12(23)25-19-5-4-15-14-11-18(22)17-10-13(24)6-8-20(17,2)16(14)7-9-21(15,19)3/h10,14-16,18-19H,4-9,11H2,1-3H3/t14-,15-,16-,18?,19-,20+,21-/m0/s1. The van der Waals surface area contributed by atoms with Crippen molar-refractivity contribution in [1.29, 1.82) is 0 Å². The van der Waals surface area contributed by atoms with Crippen molar-refractivity contribution in [3.8, 4) is 0 Å². The molecular formula is C21H29BrO3. The third-order valence-electron chi connectivity index (χ3n) is 8.16. The van der Waals surface area contributed by atoms with Crippen molar-refractivity contribution >= 4 is 27.7 Å². The number of ketones is 1. The van der Waals surface area contributed by atoms with Gasteiger partial charge in [0.15, 0.2) is 5.78 Å². The van der Waals surface area contributed by atoms with E-state index < -0.39 is 0 Å². The van der Waals surface area contributed by atoms with Gasteiger partial charge < -0.3 is 4.74 Å². The third-order valence-corrected chi connectivity index (χ3v) is 9.03. The smallest absolute Gasteiger partial charge is 0.302 e. The average Bonchev–Trinajstić information content (AvgIpc) is 2.86. The lowest BCUT2D eigenvalue weighted by Gasteiger charge is -2.59. The first kappa shape index (κ1) is 17.8. The Hall–Kier alpha value is -0.640. The Labute approximate surface area is 159 Å². The molecule has 0 aromatic heterocycles. The van der Waals surface area contributed by atoms with E-state index in [1.165, 1.54) is 25.3 Å². The summed E-state index contributed by atoms with van der Waals surface area (Å²) in [4.78, 5) is 23.9. The van der Waals surface area contributed by atoms with E-state index >= 15 is 0 Å².